The third-order valence-corrected chi connectivity index (χ3v) is 5.43. The molecule has 3 heterocycles. The summed E-state index contributed by atoms with van der Waals surface area (Å²) >= 11 is 1.58. The first-order chi connectivity index (χ1) is 11.5. The highest BCUT2D eigenvalue weighted by atomic mass is 32.1. The van der Waals surface area contributed by atoms with E-state index in [0.29, 0.717) is 33.4 Å². The number of rotatable bonds is 2. The zero-order valence-corrected chi connectivity index (χ0v) is 14.7. The Morgan fingerprint density at radius 2 is 2.21 bits per heavy atom. The van der Waals surface area contributed by atoms with Crippen LogP contribution in [0.2, 0.25) is 0 Å². The van der Waals surface area contributed by atoms with Gasteiger partial charge < -0.3 is 4.52 Å². The summed E-state index contributed by atoms with van der Waals surface area (Å²) in [7, 11) is 0. The Labute approximate surface area is 143 Å². The molecular weight excluding hydrogens is 324 g/mol. The molecule has 1 aliphatic carbocycles. The van der Waals surface area contributed by atoms with Gasteiger partial charge >= 0.3 is 0 Å². The van der Waals surface area contributed by atoms with Gasteiger partial charge in [-0.2, -0.15) is 0 Å². The Morgan fingerprint density at radius 3 is 3.04 bits per heavy atom. The van der Waals surface area contributed by atoms with Gasteiger partial charge in [-0.25, -0.2) is 9.97 Å². The first-order valence-corrected chi connectivity index (χ1v) is 8.86. The van der Waals surface area contributed by atoms with E-state index in [2.05, 4.69) is 27.4 Å². The lowest BCUT2D eigenvalue weighted by molar-refractivity contribution is 0.102. The molecule has 0 bridgehead atoms. The van der Waals surface area contributed by atoms with Crippen molar-refractivity contribution in [3.05, 3.63) is 33.6 Å². The van der Waals surface area contributed by atoms with E-state index in [0.717, 1.165) is 30.7 Å². The zero-order valence-electron chi connectivity index (χ0n) is 13.8. The fraction of sp³-hybridized carbons (Fsp3) is 0.412. The van der Waals surface area contributed by atoms with E-state index in [4.69, 9.17) is 4.52 Å². The Balaban J connectivity index is 1.67. The minimum Gasteiger partial charge on any atom is -0.336 e. The molecule has 7 heteroatoms. The second-order valence-corrected chi connectivity index (χ2v) is 7.53. The van der Waals surface area contributed by atoms with Crippen LogP contribution in [0.1, 0.15) is 45.7 Å². The Morgan fingerprint density at radius 1 is 1.38 bits per heavy atom. The van der Waals surface area contributed by atoms with Crippen molar-refractivity contribution < 1.29 is 9.32 Å². The van der Waals surface area contributed by atoms with Crippen LogP contribution in [0.25, 0.3) is 11.1 Å². The fourth-order valence-corrected chi connectivity index (χ4v) is 4.32. The van der Waals surface area contributed by atoms with Crippen molar-refractivity contribution in [1.82, 2.24) is 15.1 Å². The molecule has 3 aromatic heterocycles. The van der Waals surface area contributed by atoms with Gasteiger partial charge in [-0.1, -0.05) is 12.1 Å². The van der Waals surface area contributed by atoms with Crippen molar-refractivity contribution in [3.63, 3.8) is 0 Å². The van der Waals surface area contributed by atoms with Crippen molar-refractivity contribution in [2.45, 2.75) is 40.0 Å². The Bertz CT molecular complexity index is 944. The smallest absolute Gasteiger partial charge is 0.258 e. The lowest BCUT2D eigenvalue weighted by Gasteiger charge is -2.15. The summed E-state index contributed by atoms with van der Waals surface area (Å²) in [5.41, 5.74) is 3.43. The Kier molecular flexibility index (Phi) is 3.60. The molecule has 0 aliphatic heterocycles. The molecule has 24 heavy (non-hydrogen) atoms. The van der Waals surface area contributed by atoms with E-state index < -0.39 is 0 Å². The standard InChI is InChI=1S/C17H18N4O2S/c1-8-4-5-12-13(6-8)24-17(19-12)20-15(22)11-7-9(2)18-16-14(11)10(3)21-23-16/h7-8H,4-6H2,1-3H3,(H,19,20,22)/t8-/m0/s1. The first kappa shape index (κ1) is 15.3. The van der Waals surface area contributed by atoms with Gasteiger partial charge in [-0.05, 0) is 45.1 Å². The zero-order chi connectivity index (χ0) is 16.8. The van der Waals surface area contributed by atoms with Gasteiger partial charge in [-0.15, -0.1) is 11.3 Å². The van der Waals surface area contributed by atoms with Gasteiger partial charge in [0, 0.05) is 10.6 Å². The molecule has 6 nitrogen and oxygen atoms in total. The molecule has 0 unspecified atom stereocenters. The highest BCUT2D eigenvalue weighted by Gasteiger charge is 2.22. The lowest BCUT2D eigenvalue weighted by atomic mass is 9.93. The maximum Gasteiger partial charge on any atom is 0.258 e. The molecule has 3 aromatic rings. The molecule has 1 atom stereocenters. The highest BCUT2D eigenvalue weighted by molar-refractivity contribution is 7.15. The SMILES string of the molecule is Cc1cc(C(=O)Nc2nc3c(s2)C[C@@H](C)CC3)c2c(C)noc2n1. The Hall–Kier alpha value is -2.28. The van der Waals surface area contributed by atoms with Gasteiger partial charge in [0.2, 0.25) is 0 Å². The van der Waals surface area contributed by atoms with Crippen LogP contribution in [0.3, 0.4) is 0 Å². The van der Waals surface area contributed by atoms with Gasteiger partial charge in [-0.3, -0.25) is 10.1 Å². The topological polar surface area (TPSA) is 80.9 Å². The minimum atomic E-state index is -0.198. The largest absolute Gasteiger partial charge is 0.336 e. The third kappa shape index (κ3) is 2.58. The van der Waals surface area contributed by atoms with Crippen LogP contribution in [-0.2, 0) is 12.8 Å². The molecule has 1 N–H and O–H groups in total. The summed E-state index contributed by atoms with van der Waals surface area (Å²) in [6.45, 7) is 5.90. The van der Waals surface area contributed by atoms with Crippen LogP contribution in [0.15, 0.2) is 10.6 Å². The maximum absolute atomic E-state index is 12.8. The monoisotopic (exact) mass is 342 g/mol. The first-order valence-electron chi connectivity index (χ1n) is 8.05. The van der Waals surface area contributed by atoms with Crippen LogP contribution in [-0.4, -0.2) is 21.0 Å². The summed E-state index contributed by atoms with van der Waals surface area (Å²) in [5.74, 6) is 0.486. The van der Waals surface area contributed by atoms with Crippen molar-refractivity contribution in [1.29, 1.82) is 0 Å². The second kappa shape index (κ2) is 5.66. The number of hydrogen-bond acceptors (Lipinski definition) is 6. The number of carbonyl (C=O) groups excluding carboxylic acids is 1. The number of carbonyl (C=O) groups is 1. The average Bonchev–Trinajstić information content (AvgIpc) is 3.09. The summed E-state index contributed by atoms with van der Waals surface area (Å²) in [4.78, 5) is 22.9. The number of amides is 1. The summed E-state index contributed by atoms with van der Waals surface area (Å²) < 4.78 is 5.19. The normalized spacial score (nSPS) is 17.0. The van der Waals surface area contributed by atoms with Gasteiger partial charge in [0.25, 0.3) is 11.6 Å². The molecule has 0 saturated carbocycles. The predicted molar refractivity (Wildman–Crippen MR) is 92.5 cm³/mol. The fourth-order valence-electron chi connectivity index (χ4n) is 3.15. The van der Waals surface area contributed by atoms with Gasteiger partial charge in [0.15, 0.2) is 5.13 Å². The molecule has 0 fully saturated rings. The third-order valence-electron chi connectivity index (χ3n) is 4.40. The highest BCUT2D eigenvalue weighted by Crippen LogP contribution is 2.32. The van der Waals surface area contributed by atoms with E-state index in [-0.39, 0.29) is 5.91 Å². The number of nitrogens with zero attached hydrogens (tertiary/aromatic N) is 3. The molecule has 124 valence electrons. The second-order valence-electron chi connectivity index (χ2n) is 6.45. The molecule has 1 aliphatic rings. The summed E-state index contributed by atoms with van der Waals surface area (Å²) in [6, 6.07) is 1.76. The average molecular weight is 342 g/mol. The van der Waals surface area contributed by atoms with E-state index in [9.17, 15) is 4.79 Å². The molecule has 1 amide bonds. The van der Waals surface area contributed by atoms with Crippen molar-refractivity contribution in [2.75, 3.05) is 5.32 Å². The van der Waals surface area contributed by atoms with Crippen molar-refractivity contribution in [3.8, 4) is 0 Å². The predicted octanol–water partition coefficient (Wildman–Crippen LogP) is 3.67. The van der Waals surface area contributed by atoms with Gasteiger partial charge in [0.1, 0.15) is 0 Å². The minimum absolute atomic E-state index is 0.198. The molecule has 0 saturated heterocycles. The van der Waals surface area contributed by atoms with E-state index >= 15 is 0 Å². The van der Waals surface area contributed by atoms with Crippen molar-refractivity contribution >= 4 is 33.5 Å². The van der Waals surface area contributed by atoms with Crippen LogP contribution in [0.5, 0.6) is 0 Å². The van der Waals surface area contributed by atoms with Gasteiger partial charge in [0.05, 0.1) is 22.3 Å². The summed E-state index contributed by atoms with van der Waals surface area (Å²) in [5, 5.41) is 8.18. The number of pyridine rings is 1. The molecule has 0 spiro atoms. The van der Waals surface area contributed by atoms with E-state index in [1.54, 1.807) is 17.4 Å². The molecule has 0 aromatic carbocycles. The summed E-state index contributed by atoms with van der Waals surface area (Å²) in [6.07, 6.45) is 3.20. The van der Waals surface area contributed by atoms with Crippen LogP contribution in [0.4, 0.5) is 5.13 Å². The van der Waals surface area contributed by atoms with Crippen molar-refractivity contribution in [2.24, 2.45) is 5.92 Å². The lowest BCUT2D eigenvalue weighted by Crippen LogP contribution is -2.13. The molecule has 4 rings (SSSR count). The number of nitrogens with one attached hydrogen (secondary N) is 1. The quantitative estimate of drug-likeness (QED) is 0.768. The number of thiazole rings is 1. The number of aryl methyl sites for hydroxylation is 3. The molecule has 0 radical (unpaired) electrons. The van der Waals surface area contributed by atoms with E-state index in [1.165, 1.54) is 4.88 Å². The number of hydrogen-bond donors (Lipinski definition) is 1. The number of fused-ring (bicyclic) bond motifs is 2. The van der Waals surface area contributed by atoms with Crippen LogP contribution in [0, 0.1) is 19.8 Å². The molecular formula is C17H18N4O2S. The van der Waals surface area contributed by atoms with Crippen LogP contribution >= 0.6 is 11.3 Å². The number of aromatic nitrogens is 3. The maximum atomic E-state index is 12.8. The van der Waals surface area contributed by atoms with E-state index in [1.807, 2.05) is 13.8 Å². The number of anilines is 1. The van der Waals surface area contributed by atoms with Crippen LogP contribution < -0.4 is 5.32 Å².